The summed E-state index contributed by atoms with van der Waals surface area (Å²) in [6.07, 6.45) is -0.101. The molecule has 0 bridgehead atoms. The van der Waals surface area contributed by atoms with Crippen molar-refractivity contribution in [3.05, 3.63) is 6.08 Å². The minimum atomic E-state index is -2.12. The van der Waals surface area contributed by atoms with Crippen LogP contribution < -0.4 is 4.89 Å². The van der Waals surface area contributed by atoms with Crippen LogP contribution in [0.2, 0.25) is 0 Å². The molecule has 0 aromatic heterocycles. The molecule has 0 aromatic rings. The molecule has 0 saturated carbocycles. The van der Waals surface area contributed by atoms with Crippen molar-refractivity contribution in [2.45, 2.75) is 0 Å². The molecule has 1 unspecified atom stereocenters. The number of carbonyl (C=O) groups excluding carboxylic acids is 1. The minimum Gasteiger partial charge on any atom is -0.621 e. The Kier molecular flexibility index (Phi) is 4.34. The van der Waals surface area contributed by atoms with Gasteiger partial charge in [0, 0.05) is 0 Å². The second-order valence-corrected chi connectivity index (χ2v) is 2.76. The van der Waals surface area contributed by atoms with Gasteiger partial charge in [-0.3, -0.25) is 4.79 Å². The number of hydrogen-bond acceptors (Lipinski definition) is 4. The van der Waals surface area contributed by atoms with Gasteiger partial charge in [-0.1, -0.05) is 0 Å². The van der Waals surface area contributed by atoms with E-state index in [1.54, 1.807) is 0 Å². The quantitative estimate of drug-likeness (QED) is 0.303. The number of ketones is 1. The fourth-order valence-electron chi connectivity index (χ4n) is 0.233. The normalized spacial score (nSPS) is 9.82. The van der Waals surface area contributed by atoms with Crippen LogP contribution >= 0.6 is 7.77 Å². The Labute approximate surface area is 63.1 Å². The van der Waals surface area contributed by atoms with Crippen LogP contribution in [0.25, 0.3) is 0 Å². The molecule has 0 saturated heterocycles. The Morgan fingerprint density at radius 3 is 2.55 bits per heavy atom. The summed E-state index contributed by atoms with van der Waals surface area (Å²) in [6.45, 7) is 0. The summed E-state index contributed by atoms with van der Waals surface area (Å²) in [5.41, 5.74) is 1.92. The number of aliphatic hydroxyl groups is 1. The summed E-state index contributed by atoms with van der Waals surface area (Å²) in [7, 11) is -2.12. The second kappa shape index (κ2) is 4.77. The Morgan fingerprint density at radius 1 is 1.64 bits per heavy atom. The molecule has 1 atom stereocenters. The van der Waals surface area contributed by atoms with Crippen LogP contribution in [-0.2, 0) is 9.59 Å². The van der Waals surface area contributed by atoms with Crippen molar-refractivity contribution in [2.75, 3.05) is 6.35 Å². The van der Waals surface area contributed by atoms with Crippen LogP contribution in [0.4, 0.5) is 0 Å². The van der Waals surface area contributed by atoms with E-state index in [9.17, 15) is 14.5 Å². The summed E-state index contributed by atoms with van der Waals surface area (Å²) in [6, 6.07) is 0. The molecule has 6 heteroatoms. The highest BCUT2D eigenvalue weighted by Crippen LogP contribution is 2.01. The highest BCUT2D eigenvalue weighted by Gasteiger charge is 2.06. The molecule has 0 fully saturated rings. The summed E-state index contributed by atoms with van der Waals surface area (Å²) in [5, 5.41) is 16.2. The molecule has 60 valence electrons. The second-order valence-electron chi connectivity index (χ2n) is 1.46. The first-order chi connectivity index (χ1) is 5.07. The molecular weight excluding hydrogens is 171 g/mol. The minimum absolute atomic E-state index is 0.539. The number of aliphatic carboxylic acids is 1. The van der Waals surface area contributed by atoms with E-state index in [2.05, 4.69) is 0 Å². The Morgan fingerprint density at radius 2 is 2.18 bits per heavy atom. The van der Waals surface area contributed by atoms with Crippen molar-refractivity contribution >= 4 is 25.0 Å². The van der Waals surface area contributed by atoms with Gasteiger partial charge in [-0.25, -0.2) is 4.79 Å². The van der Waals surface area contributed by atoms with Crippen LogP contribution in [0, 0.1) is 0 Å². The van der Waals surface area contributed by atoms with Gasteiger partial charge in [0.1, 0.15) is 7.77 Å². The van der Waals surface area contributed by atoms with E-state index < -0.39 is 25.9 Å². The van der Waals surface area contributed by atoms with Crippen LogP contribution in [0.15, 0.2) is 6.08 Å². The third kappa shape index (κ3) is 4.42. The average molecular weight is 176 g/mol. The third-order valence-corrected chi connectivity index (χ3v) is 1.35. The first kappa shape index (κ1) is 10.0. The summed E-state index contributed by atoms with van der Waals surface area (Å²) in [4.78, 5) is 30.4. The zero-order chi connectivity index (χ0) is 8.85. The van der Waals surface area contributed by atoms with Gasteiger partial charge in [-0.05, 0) is 0 Å². The van der Waals surface area contributed by atoms with Crippen LogP contribution in [-0.4, -0.2) is 33.8 Å². The maximum atomic E-state index is 10.3. The molecule has 0 aliphatic heterocycles. The van der Waals surface area contributed by atoms with Crippen LogP contribution in [0.3, 0.4) is 0 Å². The van der Waals surface area contributed by atoms with Crippen molar-refractivity contribution < 1.29 is 24.7 Å². The van der Waals surface area contributed by atoms with Crippen molar-refractivity contribution in [3.8, 4) is 0 Å². The lowest BCUT2D eigenvalue weighted by Gasteiger charge is -1.82. The number of carboxylic acid groups (broad SMARTS) is 1. The fourth-order valence-corrected chi connectivity index (χ4v) is 0.576. The lowest BCUT2D eigenvalue weighted by atomic mass is 10.4. The lowest BCUT2D eigenvalue weighted by molar-refractivity contribution is -0.155. The maximum Gasteiger partial charge on any atom is 0.377 e. The van der Waals surface area contributed by atoms with Crippen molar-refractivity contribution in [1.82, 2.24) is 0 Å². The molecule has 0 radical (unpaired) electrons. The van der Waals surface area contributed by atoms with Gasteiger partial charge in [-0.15, -0.1) is 0 Å². The summed E-state index contributed by atoms with van der Waals surface area (Å²) in [5.74, 6) is -2.85. The smallest absolute Gasteiger partial charge is 0.377 e. The van der Waals surface area contributed by atoms with E-state index in [1.807, 2.05) is 5.45 Å². The van der Waals surface area contributed by atoms with Gasteiger partial charge in [0.25, 0.3) is 5.78 Å². The number of aliphatic hydroxyl groups excluding tert-OH is 1. The molecular formula is C5H5O5P. The standard InChI is InChI=1S/C5H5O5P/c6-3-11(10)2-1-4(7)5(8)9/h1,6H,3H2,(H,8,9). The maximum absolute atomic E-state index is 10.3. The number of hydrogen-bond donors (Lipinski definition) is 2. The third-order valence-electron chi connectivity index (χ3n) is 0.679. The van der Waals surface area contributed by atoms with Gasteiger partial charge >= 0.3 is 5.97 Å². The van der Waals surface area contributed by atoms with Gasteiger partial charge in [0.15, 0.2) is 0 Å². The Hall–Kier alpha value is -0.990. The van der Waals surface area contributed by atoms with Crippen LogP contribution in [0.5, 0.6) is 0 Å². The topological polar surface area (TPSA) is 97.7 Å². The van der Waals surface area contributed by atoms with Gasteiger partial charge < -0.3 is 15.1 Å². The molecule has 0 spiro atoms. The van der Waals surface area contributed by atoms with E-state index in [4.69, 9.17) is 10.2 Å². The van der Waals surface area contributed by atoms with E-state index in [-0.39, 0.29) is 0 Å². The van der Waals surface area contributed by atoms with E-state index in [0.29, 0.717) is 6.08 Å². The molecule has 0 aromatic carbocycles. The zero-order valence-electron chi connectivity index (χ0n) is 5.35. The Balaban J connectivity index is 4.35. The van der Waals surface area contributed by atoms with Crippen molar-refractivity contribution in [2.24, 2.45) is 0 Å². The van der Waals surface area contributed by atoms with Crippen molar-refractivity contribution in [1.29, 1.82) is 0 Å². The molecule has 0 aliphatic carbocycles. The predicted molar refractivity (Wildman–Crippen MR) is 36.2 cm³/mol. The molecule has 0 rings (SSSR count). The van der Waals surface area contributed by atoms with E-state index >= 15 is 0 Å². The first-order valence-electron chi connectivity index (χ1n) is 2.50. The summed E-state index contributed by atoms with van der Waals surface area (Å²) < 4.78 is 0. The molecule has 11 heavy (non-hydrogen) atoms. The van der Waals surface area contributed by atoms with Gasteiger partial charge in [-0.2, -0.15) is 0 Å². The average Bonchev–Trinajstić information content (AvgIpc) is 1.99. The first-order valence-corrected chi connectivity index (χ1v) is 3.94. The monoisotopic (exact) mass is 176 g/mol. The number of rotatable bonds is 3. The Bertz CT molecular complexity index is 237. The SMILES string of the molecule is O=C(O)C(=O)C=C=[P+]([O-])CO. The van der Waals surface area contributed by atoms with E-state index in [1.165, 1.54) is 0 Å². The highest BCUT2D eigenvalue weighted by atomic mass is 31.1. The molecule has 2 N–H and O–H groups in total. The predicted octanol–water partition coefficient (Wildman–Crippen LogP) is -1.70. The molecule has 0 aliphatic rings. The highest BCUT2D eigenvalue weighted by molar-refractivity contribution is 7.49. The molecule has 0 amide bonds. The number of carbonyl (C=O) groups is 2. The summed E-state index contributed by atoms with van der Waals surface area (Å²) >= 11 is 0. The zero-order valence-corrected chi connectivity index (χ0v) is 6.25. The van der Waals surface area contributed by atoms with Gasteiger partial charge in [0.05, 0.1) is 11.5 Å². The van der Waals surface area contributed by atoms with Gasteiger partial charge in [0.2, 0.25) is 6.35 Å². The molecule has 0 heterocycles. The van der Waals surface area contributed by atoms with Crippen molar-refractivity contribution in [3.63, 3.8) is 0 Å². The largest absolute Gasteiger partial charge is 0.621 e. The number of carboxylic acids is 1. The van der Waals surface area contributed by atoms with Crippen LogP contribution in [0.1, 0.15) is 0 Å². The molecule has 5 nitrogen and oxygen atoms in total. The lowest BCUT2D eigenvalue weighted by Crippen LogP contribution is -2.08. The van der Waals surface area contributed by atoms with E-state index in [0.717, 1.165) is 0 Å². The fraction of sp³-hybridized carbons (Fsp3) is 0.200.